The van der Waals surface area contributed by atoms with Gasteiger partial charge in [-0.25, -0.2) is 9.59 Å². The minimum atomic E-state index is -0.783. The van der Waals surface area contributed by atoms with E-state index in [1.165, 1.54) is 0 Å². The van der Waals surface area contributed by atoms with E-state index in [2.05, 4.69) is 110 Å². The lowest BCUT2D eigenvalue weighted by Crippen LogP contribution is -2.55. The Hall–Kier alpha value is -1.90. The first kappa shape index (κ1) is 69.1. The second-order valence-electron chi connectivity index (χ2n) is 24.7. The van der Waals surface area contributed by atoms with Crippen LogP contribution in [0.2, 0.25) is 0 Å². The van der Waals surface area contributed by atoms with Crippen LogP contribution in [0.1, 0.15) is 176 Å². The van der Waals surface area contributed by atoms with Crippen molar-refractivity contribution >= 4 is 82.7 Å². The minimum absolute atomic E-state index is 0.00387. The van der Waals surface area contributed by atoms with Gasteiger partial charge in [0.15, 0.2) is 0 Å². The van der Waals surface area contributed by atoms with Gasteiger partial charge >= 0.3 is 17.9 Å². The van der Waals surface area contributed by atoms with Gasteiger partial charge in [-0.1, -0.05) is 109 Å². The Bertz CT molecular complexity index is 1670. The Balaban J connectivity index is 0.00000117. The number of rotatable bonds is 21. The summed E-state index contributed by atoms with van der Waals surface area (Å²) in [5, 5.41) is 23.5. The Morgan fingerprint density at radius 3 is 1.08 bits per heavy atom. The summed E-state index contributed by atoms with van der Waals surface area (Å²) in [6, 6.07) is -2.16. The van der Waals surface area contributed by atoms with Crippen molar-refractivity contribution in [3.8, 4) is 0 Å². The van der Waals surface area contributed by atoms with Gasteiger partial charge in [0.25, 0.3) is 0 Å². The molecular formula is C52H100N6O9S4. The molecule has 0 aliphatic heterocycles. The van der Waals surface area contributed by atoms with Crippen LogP contribution in [0.4, 0.5) is 0 Å². The van der Waals surface area contributed by atoms with Crippen molar-refractivity contribution in [1.29, 1.82) is 0 Å². The van der Waals surface area contributed by atoms with E-state index >= 15 is 0 Å². The van der Waals surface area contributed by atoms with E-state index in [-0.39, 0.29) is 55.3 Å². The van der Waals surface area contributed by atoms with Crippen LogP contribution in [0.3, 0.4) is 0 Å². The highest BCUT2D eigenvalue weighted by Gasteiger charge is 2.44. The van der Waals surface area contributed by atoms with E-state index in [1.54, 1.807) is 61.1 Å². The zero-order valence-electron chi connectivity index (χ0n) is 47.6. The third-order valence-electron chi connectivity index (χ3n) is 11.1. The third kappa shape index (κ3) is 30.3. The summed E-state index contributed by atoms with van der Waals surface area (Å²) < 4.78 is 11.2. The molecular weight excluding hydrogens is 981 g/mol. The van der Waals surface area contributed by atoms with E-state index in [1.807, 2.05) is 41.5 Å². The zero-order chi connectivity index (χ0) is 55.5. The highest BCUT2D eigenvalue weighted by molar-refractivity contribution is 8.01. The summed E-state index contributed by atoms with van der Waals surface area (Å²) in [4.78, 5) is 75.3. The molecule has 4 atom stereocenters. The van der Waals surface area contributed by atoms with Crippen LogP contribution in [0, 0.1) is 10.8 Å². The van der Waals surface area contributed by atoms with E-state index < -0.39 is 52.1 Å². The van der Waals surface area contributed by atoms with Crippen LogP contribution in [0.5, 0.6) is 0 Å². The number of hydrogen-bond acceptors (Lipinski definition) is 15. The first-order valence-corrected chi connectivity index (χ1v) is 29.3. The maximum absolute atomic E-state index is 13.6. The monoisotopic (exact) mass is 1080 g/mol. The number of thioether (sulfide) groups is 4. The molecule has 8 N–H and O–H groups in total. The van der Waals surface area contributed by atoms with Crippen molar-refractivity contribution in [3.63, 3.8) is 0 Å². The highest BCUT2D eigenvalue weighted by atomic mass is 32.2. The van der Waals surface area contributed by atoms with Crippen molar-refractivity contribution in [3.05, 3.63) is 0 Å². The molecule has 3 amide bonds. The lowest BCUT2D eigenvalue weighted by Gasteiger charge is -2.32. The summed E-state index contributed by atoms with van der Waals surface area (Å²) in [7, 11) is 3.45. The smallest absolute Gasteiger partial charge is 0.330 e. The van der Waals surface area contributed by atoms with Crippen LogP contribution in [0.25, 0.3) is 0 Å². The molecule has 2 aliphatic carbocycles. The molecule has 2 fully saturated rings. The largest absolute Gasteiger partial charge is 0.480 e. The summed E-state index contributed by atoms with van der Waals surface area (Å²) in [6.45, 7) is 36.7. The molecule has 0 spiro atoms. The Morgan fingerprint density at radius 2 is 0.803 bits per heavy atom. The van der Waals surface area contributed by atoms with Crippen LogP contribution in [-0.2, 0) is 38.2 Å². The fraction of sp³-hybridized carbons (Fsp3) is 0.885. The number of carbonyl (C=O) groups excluding carboxylic acids is 5. The van der Waals surface area contributed by atoms with Crippen LogP contribution >= 0.6 is 47.0 Å². The average Bonchev–Trinajstić information content (AvgIpc) is 3.90. The standard InChI is InChI=1S/C26H49N3O4S2.C18H34N2O3S.C8H17NO2S/c1-23(2,3)33-21(31)19(16-35-25(7,8)9)29-22(32)26(13-11-12-14-26)17-28-20(30)18(27-10)15-34-24(4,5)6;1-16(2,3)23-14(21)13(11-24-17(4,5)6)20-15(22)18(12-19)9-7-8-10-18;1-8(2,3)12-5-6(9-4)7(10)11/h18-19,27H,11-17H2,1-10H3,(H,28,30)(H,29,32);13H,7-12,19H2,1-6H3,(H,20,22);6,9H,5H2,1-4H3,(H,10,11). The van der Waals surface area contributed by atoms with Gasteiger partial charge in [-0.05, 0) is 81.3 Å². The fourth-order valence-electron chi connectivity index (χ4n) is 7.10. The number of esters is 2. The predicted octanol–water partition coefficient (Wildman–Crippen LogP) is 8.20. The number of amides is 3. The van der Waals surface area contributed by atoms with Gasteiger partial charge in [-0.15, -0.1) is 0 Å². The lowest BCUT2D eigenvalue weighted by molar-refractivity contribution is -0.159. The van der Waals surface area contributed by atoms with Gasteiger partial charge in [0.1, 0.15) is 29.3 Å². The lowest BCUT2D eigenvalue weighted by atomic mass is 9.84. The van der Waals surface area contributed by atoms with Crippen molar-refractivity contribution in [2.75, 3.05) is 50.2 Å². The molecule has 4 unspecified atom stereocenters. The maximum Gasteiger partial charge on any atom is 0.330 e. The zero-order valence-corrected chi connectivity index (χ0v) is 50.9. The fourth-order valence-corrected chi connectivity index (χ4v) is 10.8. The van der Waals surface area contributed by atoms with Gasteiger partial charge in [0.05, 0.1) is 16.9 Å². The van der Waals surface area contributed by atoms with E-state index in [0.29, 0.717) is 42.4 Å². The third-order valence-corrected chi connectivity index (χ3v) is 16.6. The van der Waals surface area contributed by atoms with Crippen molar-refractivity contribution < 1.29 is 43.3 Å². The number of ether oxygens (including phenoxy) is 2. The normalized spacial score (nSPS) is 17.7. The molecule has 2 saturated carbocycles. The minimum Gasteiger partial charge on any atom is -0.480 e. The molecule has 0 aromatic carbocycles. The summed E-state index contributed by atoms with van der Waals surface area (Å²) in [6.07, 6.45) is 6.84. The Kier molecular flexibility index (Phi) is 29.2. The molecule has 15 nitrogen and oxygen atoms in total. The number of hydrogen-bond donors (Lipinski definition) is 7. The molecule has 0 bridgehead atoms. The molecule has 0 aromatic rings. The van der Waals surface area contributed by atoms with Crippen molar-refractivity contribution in [2.45, 2.75) is 230 Å². The molecule has 71 heavy (non-hydrogen) atoms. The molecule has 0 radical (unpaired) electrons. The Morgan fingerprint density at radius 1 is 0.507 bits per heavy atom. The quantitative estimate of drug-likeness (QED) is 0.0538. The van der Waals surface area contributed by atoms with Gasteiger partial charge in [-0.2, -0.15) is 47.0 Å². The predicted molar refractivity (Wildman–Crippen MR) is 302 cm³/mol. The summed E-state index contributed by atoms with van der Waals surface area (Å²) in [5.41, 5.74) is 3.43. The van der Waals surface area contributed by atoms with E-state index in [0.717, 1.165) is 38.5 Å². The Labute approximate surface area is 447 Å². The van der Waals surface area contributed by atoms with E-state index in [4.69, 9.17) is 20.3 Å². The summed E-state index contributed by atoms with van der Waals surface area (Å²) in [5.74, 6) is 0.212. The molecule has 0 aromatic heterocycles. The first-order chi connectivity index (χ1) is 32.1. The number of carboxylic acids is 1. The second kappa shape index (κ2) is 30.0. The maximum atomic E-state index is 13.6. The average molecular weight is 1080 g/mol. The summed E-state index contributed by atoms with van der Waals surface area (Å²) >= 11 is 6.63. The van der Waals surface area contributed by atoms with Crippen molar-refractivity contribution in [1.82, 2.24) is 26.6 Å². The highest BCUT2D eigenvalue weighted by Crippen LogP contribution is 2.39. The topological polar surface area (TPSA) is 227 Å². The van der Waals surface area contributed by atoms with Crippen molar-refractivity contribution in [2.24, 2.45) is 16.6 Å². The number of carboxylic acid groups (broad SMARTS) is 1. The number of carbonyl (C=O) groups is 6. The molecule has 2 rings (SSSR count). The molecule has 19 heteroatoms. The molecule has 2 aliphatic rings. The number of nitrogens with one attached hydrogen (secondary N) is 5. The van der Waals surface area contributed by atoms with Gasteiger partial charge in [-0.3, -0.25) is 19.2 Å². The van der Waals surface area contributed by atoms with Crippen LogP contribution in [-0.4, -0.2) is 145 Å². The molecule has 0 heterocycles. The van der Waals surface area contributed by atoms with Gasteiger partial charge in [0.2, 0.25) is 17.7 Å². The first-order valence-electron chi connectivity index (χ1n) is 25.3. The number of aliphatic carboxylic acids is 1. The van der Waals surface area contributed by atoms with Gasteiger partial charge in [0, 0.05) is 55.1 Å². The van der Waals surface area contributed by atoms with Crippen LogP contribution < -0.4 is 32.3 Å². The molecule has 416 valence electrons. The number of likely N-dealkylation sites (N-methyl/N-ethyl adjacent to an activating group) is 2. The SMILES string of the molecule is CC(C)(C)OC(=O)C(CSC(C)(C)C)NC(=O)C1(CN)CCCC1.CNC(CSC(C)(C)C)C(=O)NCC1(C(=O)NC(CSC(C)(C)C)C(=O)OC(C)(C)C)CCCC1.CNC(CSC(C)(C)C)C(=O)O. The second-order valence-corrected chi connectivity index (χ2v) is 32.1. The van der Waals surface area contributed by atoms with E-state index in [9.17, 15) is 28.8 Å². The number of nitrogens with two attached hydrogens (primary N) is 1. The molecule has 0 saturated heterocycles. The van der Waals surface area contributed by atoms with Crippen LogP contribution in [0.15, 0.2) is 0 Å². The van der Waals surface area contributed by atoms with Gasteiger partial charge < -0.3 is 46.9 Å².